The van der Waals surface area contributed by atoms with E-state index in [1.807, 2.05) is 0 Å². The summed E-state index contributed by atoms with van der Waals surface area (Å²) in [6.07, 6.45) is 8.33. The van der Waals surface area contributed by atoms with E-state index in [4.69, 9.17) is 4.74 Å². The third kappa shape index (κ3) is 5.39. The lowest BCUT2D eigenvalue weighted by molar-refractivity contribution is 0.0870. The van der Waals surface area contributed by atoms with Crippen molar-refractivity contribution in [3.63, 3.8) is 0 Å². The standard InChI is InChI=1S/C15H31NO/c1-4-7-8-13(5-2)11-16-12-14-9-10-17-15(14)6-3/h13-16H,4-12H2,1-3H3. The van der Waals surface area contributed by atoms with Crippen molar-refractivity contribution in [1.82, 2.24) is 5.32 Å². The molecule has 1 fully saturated rings. The summed E-state index contributed by atoms with van der Waals surface area (Å²) in [7, 11) is 0. The third-order valence-corrected chi connectivity index (χ3v) is 4.13. The molecular formula is C15H31NO. The molecule has 1 heterocycles. The second-order valence-electron chi connectivity index (χ2n) is 5.44. The van der Waals surface area contributed by atoms with Crippen LogP contribution in [0.15, 0.2) is 0 Å². The molecular weight excluding hydrogens is 210 g/mol. The molecule has 17 heavy (non-hydrogen) atoms. The van der Waals surface area contributed by atoms with Crippen LogP contribution in [-0.2, 0) is 4.74 Å². The summed E-state index contributed by atoms with van der Waals surface area (Å²) in [4.78, 5) is 0. The first kappa shape index (κ1) is 15.0. The fourth-order valence-electron chi connectivity index (χ4n) is 2.79. The number of rotatable bonds is 9. The zero-order chi connectivity index (χ0) is 12.5. The summed E-state index contributed by atoms with van der Waals surface area (Å²) in [6.45, 7) is 10.2. The molecule has 1 saturated heterocycles. The first-order chi connectivity index (χ1) is 8.31. The lowest BCUT2D eigenvalue weighted by Gasteiger charge is -2.20. The molecule has 0 radical (unpaired) electrons. The SMILES string of the molecule is CCCCC(CC)CNCC1CCOC1CC. The Morgan fingerprint density at radius 3 is 2.76 bits per heavy atom. The van der Waals surface area contributed by atoms with E-state index in [0.29, 0.717) is 6.10 Å². The largest absolute Gasteiger partial charge is 0.378 e. The molecule has 1 rings (SSSR count). The van der Waals surface area contributed by atoms with Crippen LogP contribution in [0.4, 0.5) is 0 Å². The van der Waals surface area contributed by atoms with Crippen molar-refractivity contribution >= 4 is 0 Å². The van der Waals surface area contributed by atoms with E-state index in [2.05, 4.69) is 26.1 Å². The van der Waals surface area contributed by atoms with Gasteiger partial charge in [0.1, 0.15) is 0 Å². The van der Waals surface area contributed by atoms with Crippen LogP contribution in [0.5, 0.6) is 0 Å². The Bertz CT molecular complexity index is 184. The average Bonchev–Trinajstić information content (AvgIpc) is 2.81. The van der Waals surface area contributed by atoms with Gasteiger partial charge in [-0.25, -0.2) is 0 Å². The van der Waals surface area contributed by atoms with Crippen LogP contribution in [0.25, 0.3) is 0 Å². The van der Waals surface area contributed by atoms with Gasteiger partial charge in [-0.2, -0.15) is 0 Å². The smallest absolute Gasteiger partial charge is 0.0613 e. The van der Waals surface area contributed by atoms with Crippen molar-refractivity contribution in [3.05, 3.63) is 0 Å². The molecule has 0 bridgehead atoms. The zero-order valence-electron chi connectivity index (χ0n) is 12.0. The highest BCUT2D eigenvalue weighted by Crippen LogP contribution is 2.22. The highest BCUT2D eigenvalue weighted by molar-refractivity contribution is 4.77. The van der Waals surface area contributed by atoms with Crippen LogP contribution >= 0.6 is 0 Å². The van der Waals surface area contributed by atoms with E-state index in [1.165, 1.54) is 45.1 Å². The molecule has 2 heteroatoms. The van der Waals surface area contributed by atoms with Gasteiger partial charge in [-0.15, -0.1) is 0 Å². The number of unbranched alkanes of at least 4 members (excludes halogenated alkanes) is 1. The van der Waals surface area contributed by atoms with Gasteiger partial charge in [-0.05, 0) is 37.6 Å². The van der Waals surface area contributed by atoms with Crippen LogP contribution in [0.2, 0.25) is 0 Å². The van der Waals surface area contributed by atoms with Gasteiger partial charge in [0.15, 0.2) is 0 Å². The second-order valence-corrected chi connectivity index (χ2v) is 5.44. The third-order valence-electron chi connectivity index (χ3n) is 4.13. The van der Waals surface area contributed by atoms with Crippen LogP contribution in [0.1, 0.15) is 59.3 Å². The minimum Gasteiger partial charge on any atom is -0.378 e. The molecule has 0 saturated carbocycles. The molecule has 0 aliphatic carbocycles. The van der Waals surface area contributed by atoms with Gasteiger partial charge in [-0.1, -0.05) is 40.0 Å². The maximum Gasteiger partial charge on any atom is 0.0613 e. The van der Waals surface area contributed by atoms with Crippen molar-refractivity contribution in [1.29, 1.82) is 0 Å². The van der Waals surface area contributed by atoms with Crippen LogP contribution in [-0.4, -0.2) is 25.8 Å². The fraction of sp³-hybridized carbons (Fsp3) is 1.00. The quantitative estimate of drug-likeness (QED) is 0.666. The van der Waals surface area contributed by atoms with E-state index >= 15 is 0 Å². The Morgan fingerprint density at radius 1 is 1.29 bits per heavy atom. The summed E-state index contributed by atoms with van der Waals surface area (Å²) < 4.78 is 5.72. The molecule has 0 spiro atoms. The van der Waals surface area contributed by atoms with Crippen molar-refractivity contribution in [2.45, 2.75) is 65.4 Å². The summed E-state index contributed by atoms with van der Waals surface area (Å²) in [6, 6.07) is 0. The monoisotopic (exact) mass is 241 g/mol. The lowest BCUT2D eigenvalue weighted by atomic mass is 9.97. The van der Waals surface area contributed by atoms with E-state index in [1.54, 1.807) is 0 Å². The van der Waals surface area contributed by atoms with Gasteiger partial charge in [0.05, 0.1) is 6.10 Å². The Morgan fingerprint density at radius 2 is 2.12 bits per heavy atom. The number of ether oxygens (including phenoxy) is 1. The molecule has 0 aromatic carbocycles. The Labute approximate surface area is 108 Å². The lowest BCUT2D eigenvalue weighted by Crippen LogP contribution is -2.31. The molecule has 1 N–H and O–H groups in total. The predicted octanol–water partition coefficient (Wildman–Crippen LogP) is 3.61. The van der Waals surface area contributed by atoms with Crippen LogP contribution < -0.4 is 5.32 Å². The molecule has 2 nitrogen and oxygen atoms in total. The van der Waals surface area contributed by atoms with Gasteiger partial charge in [0.25, 0.3) is 0 Å². The average molecular weight is 241 g/mol. The molecule has 3 atom stereocenters. The predicted molar refractivity (Wildman–Crippen MR) is 74.3 cm³/mol. The maximum absolute atomic E-state index is 5.72. The molecule has 1 aliphatic heterocycles. The minimum atomic E-state index is 0.512. The van der Waals surface area contributed by atoms with Crippen molar-refractivity contribution in [3.8, 4) is 0 Å². The maximum atomic E-state index is 5.72. The zero-order valence-corrected chi connectivity index (χ0v) is 12.0. The number of hydrogen-bond acceptors (Lipinski definition) is 2. The minimum absolute atomic E-state index is 0.512. The molecule has 0 amide bonds. The van der Waals surface area contributed by atoms with E-state index < -0.39 is 0 Å². The Hall–Kier alpha value is -0.0800. The number of hydrogen-bond donors (Lipinski definition) is 1. The molecule has 0 aromatic rings. The number of nitrogens with one attached hydrogen (secondary N) is 1. The summed E-state index contributed by atoms with van der Waals surface area (Å²) in [5.74, 6) is 1.63. The van der Waals surface area contributed by atoms with Gasteiger partial charge >= 0.3 is 0 Å². The van der Waals surface area contributed by atoms with Crippen molar-refractivity contribution in [2.75, 3.05) is 19.7 Å². The highest BCUT2D eigenvalue weighted by atomic mass is 16.5. The second kappa shape index (κ2) is 8.93. The van der Waals surface area contributed by atoms with Crippen LogP contribution in [0, 0.1) is 11.8 Å². The van der Waals surface area contributed by atoms with E-state index in [-0.39, 0.29) is 0 Å². The normalized spacial score (nSPS) is 26.3. The first-order valence-corrected chi connectivity index (χ1v) is 7.64. The van der Waals surface area contributed by atoms with Crippen molar-refractivity contribution < 1.29 is 4.74 Å². The summed E-state index contributed by atoms with van der Waals surface area (Å²) in [5, 5.41) is 3.67. The van der Waals surface area contributed by atoms with Gasteiger partial charge in [0.2, 0.25) is 0 Å². The Balaban J connectivity index is 2.12. The fourth-order valence-corrected chi connectivity index (χ4v) is 2.79. The summed E-state index contributed by atoms with van der Waals surface area (Å²) in [5.41, 5.74) is 0. The van der Waals surface area contributed by atoms with Crippen molar-refractivity contribution in [2.24, 2.45) is 11.8 Å². The van der Waals surface area contributed by atoms with Gasteiger partial charge in [0, 0.05) is 13.2 Å². The molecule has 3 unspecified atom stereocenters. The molecule has 102 valence electrons. The van der Waals surface area contributed by atoms with Crippen LogP contribution in [0.3, 0.4) is 0 Å². The molecule has 1 aliphatic rings. The molecule has 0 aromatic heterocycles. The van der Waals surface area contributed by atoms with Gasteiger partial charge < -0.3 is 10.1 Å². The highest BCUT2D eigenvalue weighted by Gasteiger charge is 2.26. The Kier molecular flexibility index (Phi) is 7.87. The van der Waals surface area contributed by atoms with E-state index in [0.717, 1.165) is 25.0 Å². The topological polar surface area (TPSA) is 21.3 Å². The summed E-state index contributed by atoms with van der Waals surface area (Å²) >= 11 is 0. The van der Waals surface area contributed by atoms with Gasteiger partial charge in [-0.3, -0.25) is 0 Å². The first-order valence-electron chi connectivity index (χ1n) is 7.64. The van der Waals surface area contributed by atoms with E-state index in [9.17, 15) is 0 Å².